The molecule has 1 saturated heterocycles. The lowest BCUT2D eigenvalue weighted by atomic mass is 9.77. The van der Waals surface area contributed by atoms with Crippen LogP contribution in [0.3, 0.4) is 0 Å². The molecule has 1 aromatic heterocycles. The lowest BCUT2D eigenvalue weighted by molar-refractivity contribution is -0.146. The number of likely N-dealkylation sites (tertiary alicyclic amines) is 1. The number of amides is 5. The van der Waals surface area contributed by atoms with Gasteiger partial charge in [-0.15, -0.1) is 11.3 Å². The molecule has 5 amide bonds. The Morgan fingerprint density at radius 3 is 2.33 bits per heavy atom. The molecule has 49 heavy (non-hydrogen) atoms. The smallest absolute Gasteiger partial charge is 0.265 e. The predicted molar refractivity (Wildman–Crippen MR) is 182 cm³/mol. The van der Waals surface area contributed by atoms with E-state index in [2.05, 4.69) is 10.3 Å². The summed E-state index contributed by atoms with van der Waals surface area (Å²) in [5.41, 5.74) is 3.17. The van der Waals surface area contributed by atoms with E-state index in [0.29, 0.717) is 67.1 Å². The van der Waals surface area contributed by atoms with Crippen LogP contribution < -0.4 is 10.1 Å². The molecular weight excluding hydrogens is 643 g/mol. The minimum Gasteiger partial charge on any atom is -0.488 e. The van der Waals surface area contributed by atoms with Crippen LogP contribution in [0.5, 0.6) is 5.75 Å². The van der Waals surface area contributed by atoms with Gasteiger partial charge in [0.1, 0.15) is 16.7 Å². The number of hydrogen-bond donors (Lipinski definition) is 1. The van der Waals surface area contributed by atoms with Crippen LogP contribution in [0.15, 0.2) is 42.5 Å². The summed E-state index contributed by atoms with van der Waals surface area (Å²) >= 11 is 1.40. The van der Waals surface area contributed by atoms with Crippen molar-refractivity contribution >= 4 is 40.9 Å². The monoisotopic (exact) mass is 683 g/mol. The maximum absolute atomic E-state index is 14.6. The summed E-state index contributed by atoms with van der Waals surface area (Å²) in [6.45, 7) is 5.04. The minimum absolute atomic E-state index is 0.0396. The van der Waals surface area contributed by atoms with Gasteiger partial charge in [0, 0.05) is 44.0 Å². The predicted octanol–water partition coefficient (Wildman–Crippen LogP) is 4.33. The Balaban J connectivity index is 1.21. The molecule has 2 aromatic carbocycles. The summed E-state index contributed by atoms with van der Waals surface area (Å²) < 4.78 is 6.69. The van der Waals surface area contributed by atoms with Crippen molar-refractivity contribution in [3.05, 3.63) is 80.3 Å². The van der Waals surface area contributed by atoms with Gasteiger partial charge in [-0.05, 0) is 56.9 Å². The molecule has 12 heteroatoms. The molecule has 4 heterocycles. The molecule has 0 spiro atoms. The highest BCUT2D eigenvalue weighted by molar-refractivity contribution is 7.13. The van der Waals surface area contributed by atoms with E-state index >= 15 is 0 Å². The number of ether oxygens (including phenoxy) is 1. The highest BCUT2D eigenvalue weighted by atomic mass is 32.1. The van der Waals surface area contributed by atoms with E-state index in [4.69, 9.17) is 4.74 Å². The molecule has 0 bridgehead atoms. The Hall–Kier alpha value is -4.58. The second-order valence-corrected chi connectivity index (χ2v) is 14.6. The van der Waals surface area contributed by atoms with Crippen LogP contribution in [-0.2, 0) is 16.0 Å². The molecule has 256 valence electrons. The number of carbonyl (C=O) groups excluding carboxylic acids is 5. The summed E-state index contributed by atoms with van der Waals surface area (Å²) in [5, 5.41) is 3.60. The van der Waals surface area contributed by atoms with Crippen LogP contribution in [-0.4, -0.2) is 88.6 Å². The molecule has 7 rings (SSSR count). The van der Waals surface area contributed by atoms with Gasteiger partial charge in [-0.3, -0.25) is 28.9 Å². The molecule has 3 aliphatic heterocycles. The normalized spacial score (nSPS) is 23.4. The number of aromatic nitrogens is 1. The summed E-state index contributed by atoms with van der Waals surface area (Å²) in [6.07, 6.45) is 3.87. The number of carbonyl (C=O) groups is 5. The number of rotatable bonds is 7. The molecule has 11 nitrogen and oxygen atoms in total. The maximum atomic E-state index is 14.6. The van der Waals surface area contributed by atoms with Crippen LogP contribution in [0.1, 0.15) is 90.4 Å². The quantitative estimate of drug-likeness (QED) is 0.367. The largest absolute Gasteiger partial charge is 0.488 e. The van der Waals surface area contributed by atoms with E-state index in [1.165, 1.54) is 16.2 Å². The first kappa shape index (κ1) is 32.9. The van der Waals surface area contributed by atoms with Crippen LogP contribution in [0, 0.1) is 25.7 Å². The van der Waals surface area contributed by atoms with E-state index in [1.54, 1.807) is 41.1 Å². The maximum Gasteiger partial charge on any atom is 0.265 e. The Morgan fingerprint density at radius 2 is 1.65 bits per heavy atom. The average Bonchev–Trinajstić information content (AvgIpc) is 3.79. The number of hydrogen-bond acceptors (Lipinski definition) is 8. The van der Waals surface area contributed by atoms with Gasteiger partial charge in [-0.25, -0.2) is 4.98 Å². The second kappa shape index (κ2) is 13.4. The van der Waals surface area contributed by atoms with E-state index in [0.717, 1.165) is 34.7 Å². The third kappa shape index (κ3) is 6.00. The Kier molecular flexibility index (Phi) is 8.99. The van der Waals surface area contributed by atoms with Gasteiger partial charge in [0.2, 0.25) is 11.8 Å². The number of aryl methyl sites for hydroxylation is 2. The molecule has 1 saturated carbocycles. The van der Waals surface area contributed by atoms with Crippen molar-refractivity contribution < 1.29 is 28.7 Å². The topological polar surface area (TPSA) is 129 Å². The highest BCUT2D eigenvalue weighted by Crippen LogP contribution is 2.42. The van der Waals surface area contributed by atoms with Crippen LogP contribution in [0.2, 0.25) is 0 Å². The fourth-order valence-corrected chi connectivity index (χ4v) is 8.96. The Morgan fingerprint density at radius 1 is 0.939 bits per heavy atom. The molecular formula is C37H41N5O6S. The molecule has 0 radical (unpaired) electrons. The van der Waals surface area contributed by atoms with Gasteiger partial charge in [0.05, 0.1) is 41.0 Å². The highest BCUT2D eigenvalue weighted by Gasteiger charge is 2.45. The standard InChI is InChI=1S/C37H41N5O6S/c1-21-32(49-22(2)39-21)37(47)40-17-16-24(19-40)48-30-14-8-9-23-15-18-41(34(44)26-11-5-4-10-25(26)33(43)38-3)29(31(23)30)20-42-35(45)27-12-6-7-13-28(27)36(42)46/h6-9,12-14,24-26,29H,4-5,10-11,15-20H2,1-3H3,(H,38,43)/t24-,25-,26+,29?/m0/s1. The first-order valence-electron chi connectivity index (χ1n) is 17.1. The second-order valence-electron chi connectivity index (χ2n) is 13.4. The van der Waals surface area contributed by atoms with Gasteiger partial charge in [-0.1, -0.05) is 37.1 Å². The lowest BCUT2D eigenvalue weighted by Gasteiger charge is -2.43. The summed E-state index contributed by atoms with van der Waals surface area (Å²) in [6, 6.07) is 11.9. The number of fused-ring (bicyclic) bond motifs is 2. The van der Waals surface area contributed by atoms with Crippen LogP contribution >= 0.6 is 11.3 Å². The van der Waals surface area contributed by atoms with Crippen molar-refractivity contribution in [2.45, 2.75) is 64.5 Å². The first-order chi connectivity index (χ1) is 23.7. The van der Waals surface area contributed by atoms with Crippen LogP contribution in [0.25, 0.3) is 0 Å². The van der Waals surface area contributed by atoms with E-state index in [1.807, 2.05) is 32.0 Å². The minimum atomic E-state index is -0.677. The molecule has 2 fully saturated rings. The molecule has 4 aliphatic rings. The molecule has 1 unspecified atom stereocenters. The van der Waals surface area contributed by atoms with Crippen molar-refractivity contribution in [3.63, 3.8) is 0 Å². The first-order valence-corrected chi connectivity index (χ1v) is 18.0. The van der Waals surface area contributed by atoms with Gasteiger partial charge >= 0.3 is 0 Å². The molecule has 1 N–H and O–H groups in total. The van der Waals surface area contributed by atoms with Gasteiger partial charge in [-0.2, -0.15) is 0 Å². The summed E-state index contributed by atoms with van der Waals surface area (Å²) in [5.74, 6) is -1.47. The van der Waals surface area contributed by atoms with Crippen molar-refractivity contribution in [1.82, 2.24) is 25.0 Å². The number of nitrogens with zero attached hydrogens (tertiary/aromatic N) is 4. The number of nitrogens with one attached hydrogen (secondary N) is 1. The molecule has 3 aromatic rings. The number of thiazole rings is 1. The van der Waals surface area contributed by atoms with Gasteiger partial charge < -0.3 is 19.9 Å². The summed E-state index contributed by atoms with van der Waals surface area (Å²) in [7, 11) is 1.60. The van der Waals surface area contributed by atoms with E-state index in [-0.39, 0.29) is 30.4 Å². The number of benzene rings is 2. The third-order valence-electron chi connectivity index (χ3n) is 10.5. The third-order valence-corrected chi connectivity index (χ3v) is 11.6. The summed E-state index contributed by atoms with van der Waals surface area (Å²) in [4.78, 5) is 78.0. The molecule has 1 aliphatic carbocycles. The van der Waals surface area contributed by atoms with Crippen molar-refractivity contribution in [3.8, 4) is 5.75 Å². The fourth-order valence-electron chi connectivity index (χ4n) is 8.07. The average molecular weight is 684 g/mol. The van der Waals surface area contributed by atoms with Crippen molar-refractivity contribution in [2.24, 2.45) is 11.8 Å². The number of imide groups is 1. The van der Waals surface area contributed by atoms with Crippen LogP contribution in [0.4, 0.5) is 0 Å². The molecule has 4 atom stereocenters. The fraction of sp³-hybridized carbons (Fsp3) is 0.459. The van der Waals surface area contributed by atoms with Crippen molar-refractivity contribution in [1.29, 1.82) is 0 Å². The van der Waals surface area contributed by atoms with E-state index in [9.17, 15) is 24.0 Å². The van der Waals surface area contributed by atoms with Crippen molar-refractivity contribution in [2.75, 3.05) is 33.2 Å². The van der Waals surface area contributed by atoms with Gasteiger partial charge in [0.25, 0.3) is 17.7 Å². The van der Waals surface area contributed by atoms with E-state index < -0.39 is 29.7 Å². The zero-order valence-electron chi connectivity index (χ0n) is 28.1. The van der Waals surface area contributed by atoms with Gasteiger partial charge in [0.15, 0.2) is 0 Å². The lowest BCUT2D eigenvalue weighted by Crippen LogP contribution is -2.51. The Bertz CT molecular complexity index is 1800. The SMILES string of the molecule is CNC(=O)[C@H]1CCCC[C@H]1C(=O)N1CCc2cccc(O[C@H]3CCN(C(=O)c4sc(C)nc4C)C3)c2C1CN1C(=O)c2ccccc2C1=O. The Labute approximate surface area is 289 Å². The zero-order chi connectivity index (χ0) is 34.4. The zero-order valence-corrected chi connectivity index (χ0v) is 28.9.